The largest absolute Gasteiger partial charge is 0.493 e. The van der Waals surface area contributed by atoms with Crippen LogP contribution in [0.3, 0.4) is 0 Å². The van der Waals surface area contributed by atoms with E-state index >= 15 is 0 Å². The molecule has 2 rings (SSSR count). The number of likely N-dealkylation sites (N-methyl/N-ethyl adjacent to an activating group) is 1. The lowest BCUT2D eigenvalue weighted by molar-refractivity contribution is -0.385. The zero-order chi connectivity index (χ0) is 20.7. The molecule has 0 aliphatic rings. The fourth-order valence-corrected chi connectivity index (χ4v) is 2.73. The van der Waals surface area contributed by atoms with Gasteiger partial charge in [0.2, 0.25) is 0 Å². The van der Waals surface area contributed by atoms with Crippen molar-refractivity contribution in [2.75, 3.05) is 34.4 Å². The van der Waals surface area contributed by atoms with Crippen molar-refractivity contribution in [2.24, 2.45) is 0 Å². The maximum atomic E-state index is 12.7. The van der Waals surface area contributed by atoms with E-state index in [4.69, 9.17) is 14.2 Å². The molecule has 2 aromatic rings. The molecule has 0 radical (unpaired) electrons. The molecule has 2 aromatic carbocycles. The molecule has 0 aliphatic carbocycles. The second-order valence-corrected chi connectivity index (χ2v) is 6.04. The van der Waals surface area contributed by atoms with E-state index in [1.807, 2.05) is 18.2 Å². The van der Waals surface area contributed by atoms with Gasteiger partial charge in [-0.05, 0) is 43.2 Å². The predicted octanol–water partition coefficient (Wildman–Crippen LogP) is 3.33. The molecule has 28 heavy (non-hydrogen) atoms. The minimum absolute atomic E-state index is 0.150. The van der Waals surface area contributed by atoms with Crippen LogP contribution in [0, 0.1) is 10.1 Å². The van der Waals surface area contributed by atoms with Crippen LogP contribution in [0.15, 0.2) is 36.4 Å². The molecule has 0 spiro atoms. The van der Waals surface area contributed by atoms with Crippen LogP contribution in [0.25, 0.3) is 0 Å². The quantitative estimate of drug-likeness (QED) is 0.483. The molecule has 8 nitrogen and oxygen atoms in total. The third-order valence-corrected chi connectivity index (χ3v) is 4.23. The zero-order valence-electron chi connectivity index (χ0n) is 16.4. The van der Waals surface area contributed by atoms with Gasteiger partial charge in [-0.3, -0.25) is 14.9 Å². The Morgan fingerprint density at radius 1 is 1.07 bits per heavy atom. The molecule has 0 atom stereocenters. The number of nitro benzene ring substituents is 1. The zero-order valence-corrected chi connectivity index (χ0v) is 16.4. The van der Waals surface area contributed by atoms with Gasteiger partial charge in [0.1, 0.15) is 0 Å². The number of nitrogens with zero attached hydrogens (tertiary/aromatic N) is 2. The van der Waals surface area contributed by atoms with Crippen LogP contribution in [0.5, 0.6) is 17.2 Å². The van der Waals surface area contributed by atoms with Crippen molar-refractivity contribution in [3.63, 3.8) is 0 Å². The Bertz CT molecular complexity index is 853. The summed E-state index contributed by atoms with van der Waals surface area (Å²) in [7, 11) is 4.79. The molecule has 0 N–H and O–H groups in total. The summed E-state index contributed by atoms with van der Waals surface area (Å²) in [5.74, 6) is 1.11. The van der Waals surface area contributed by atoms with E-state index in [2.05, 4.69) is 0 Å². The number of nitro groups is 1. The van der Waals surface area contributed by atoms with Gasteiger partial charge in [-0.2, -0.15) is 0 Å². The first-order valence-electron chi connectivity index (χ1n) is 8.78. The summed E-state index contributed by atoms with van der Waals surface area (Å²) in [6, 6.07) is 9.82. The second kappa shape index (κ2) is 9.59. The molecule has 0 saturated carbocycles. The van der Waals surface area contributed by atoms with Crippen molar-refractivity contribution in [3.8, 4) is 17.2 Å². The SMILES string of the molecule is CCOc1ccc(C(=O)N(C)CCc2ccc(OC)c(OC)c2)cc1[N+](=O)[O-]. The minimum atomic E-state index is -0.550. The van der Waals surface area contributed by atoms with Crippen molar-refractivity contribution in [1.82, 2.24) is 4.90 Å². The van der Waals surface area contributed by atoms with Gasteiger partial charge in [-0.25, -0.2) is 0 Å². The molecule has 150 valence electrons. The van der Waals surface area contributed by atoms with E-state index in [-0.39, 0.29) is 22.9 Å². The molecule has 0 heterocycles. The molecule has 0 aromatic heterocycles. The van der Waals surface area contributed by atoms with Crippen molar-refractivity contribution in [1.29, 1.82) is 0 Å². The van der Waals surface area contributed by atoms with E-state index in [0.717, 1.165) is 5.56 Å². The molecule has 0 unspecified atom stereocenters. The maximum Gasteiger partial charge on any atom is 0.311 e. The lowest BCUT2D eigenvalue weighted by Crippen LogP contribution is -2.28. The Hall–Kier alpha value is -3.29. The Labute approximate surface area is 163 Å². The van der Waals surface area contributed by atoms with Gasteiger partial charge in [0.05, 0.1) is 25.7 Å². The fourth-order valence-electron chi connectivity index (χ4n) is 2.73. The average molecular weight is 388 g/mol. The van der Waals surface area contributed by atoms with Crippen molar-refractivity contribution in [2.45, 2.75) is 13.3 Å². The predicted molar refractivity (Wildman–Crippen MR) is 104 cm³/mol. The lowest BCUT2D eigenvalue weighted by atomic mass is 10.1. The van der Waals surface area contributed by atoms with E-state index in [9.17, 15) is 14.9 Å². The van der Waals surface area contributed by atoms with Gasteiger partial charge in [0, 0.05) is 25.2 Å². The Morgan fingerprint density at radius 2 is 1.75 bits per heavy atom. The van der Waals surface area contributed by atoms with E-state index < -0.39 is 4.92 Å². The molecular formula is C20H24N2O6. The Balaban J connectivity index is 2.10. The highest BCUT2D eigenvalue weighted by Crippen LogP contribution is 2.29. The smallest absolute Gasteiger partial charge is 0.311 e. The third kappa shape index (κ3) is 4.91. The number of carbonyl (C=O) groups is 1. The highest BCUT2D eigenvalue weighted by Gasteiger charge is 2.20. The number of methoxy groups -OCH3 is 2. The van der Waals surface area contributed by atoms with Gasteiger partial charge in [-0.1, -0.05) is 6.07 Å². The number of hydrogen-bond acceptors (Lipinski definition) is 6. The third-order valence-electron chi connectivity index (χ3n) is 4.23. The van der Waals surface area contributed by atoms with Crippen LogP contribution >= 0.6 is 0 Å². The van der Waals surface area contributed by atoms with E-state index in [1.165, 1.54) is 23.1 Å². The summed E-state index contributed by atoms with van der Waals surface area (Å²) in [6.07, 6.45) is 0.599. The van der Waals surface area contributed by atoms with E-state index in [0.29, 0.717) is 31.1 Å². The van der Waals surface area contributed by atoms with Crippen LogP contribution in [0.1, 0.15) is 22.8 Å². The summed E-state index contributed by atoms with van der Waals surface area (Å²) < 4.78 is 15.8. The summed E-state index contributed by atoms with van der Waals surface area (Å²) in [4.78, 5) is 24.9. The number of hydrogen-bond donors (Lipinski definition) is 0. The van der Waals surface area contributed by atoms with Crippen LogP contribution < -0.4 is 14.2 Å². The van der Waals surface area contributed by atoms with Gasteiger partial charge in [0.15, 0.2) is 17.2 Å². The molecule has 0 aliphatic heterocycles. The lowest BCUT2D eigenvalue weighted by Gasteiger charge is -2.18. The molecule has 0 bridgehead atoms. The number of amides is 1. The first-order valence-corrected chi connectivity index (χ1v) is 8.78. The van der Waals surface area contributed by atoms with Crippen LogP contribution in [0.4, 0.5) is 5.69 Å². The second-order valence-electron chi connectivity index (χ2n) is 6.04. The number of carbonyl (C=O) groups excluding carboxylic acids is 1. The topological polar surface area (TPSA) is 91.1 Å². The number of benzene rings is 2. The van der Waals surface area contributed by atoms with Crippen molar-refractivity contribution >= 4 is 11.6 Å². The first kappa shape index (κ1) is 21.0. The van der Waals surface area contributed by atoms with Crippen LogP contribution in [0.2, 0.25) is 0 Å². The fraction of sp³-hybridized carbons (Fsp3) is 0.350. The van der Waals surface area contributed by atoms with Gasteiger partial charge >= 0.3 is 5.69 Å². The molecule has 0 fully saturated rings. The van der Waals surface area contributed by atoms with Gasteiger partial charge < -0.3 is 19.1 Å². The van der Waals surface area contributed by atoms with Crippen molar-refractivity contribution < 1.29 is 23.9 Å². The minimum Gasteiger partial charge on any atom is -0.493 e. The molecule has 8 heteroatoms. The Morgan fingerprint density at radius 3 is 2.36 bits per heavy atom. The Kier molecular flexibility index (Phi) is 7.20. The highest BCUT2D eigenvalue weighted by molar-refractivity contribution is 5.95. The molecular weight excluding hydrogens is 364 g/mol. The number of rotatable bonds is 9. The van der Waals surface area contributed by atoms with Gasteiger partial charge in [0.25, 0.3) is 5.91 Å². The monoisotopic (exact) mass is 388 g/mol. The number of ether oxygens (including phenoxy) is 3. The molecule has 1 amide bonds. The van der Waals surface area contributed by atoms with E-state index in [1.54, 1.807) is 28.2 Å². The summed E-state index contributed by atoms with van der Waals surface area (Å²) >= 11 is 0. The van der Waals surface area contributed by atoms with Crippen LogP contribution in [-0.4, -0.2) is 50.1 Å². The maximum absolute atomic E-state index is 12.7. The summed E-state index contributed by atoms with van der Waals surface area (Å²) in [5, 5.41) is 11.2. The average Bonchev–Trinajstić information content (AvgIpc) is 2.71. The van der Waals surface area contributed by atoms with Gasteiger partial charge in [-0.15, -0.1) is 0 Å². The first-order chi connectivity index (χ1) is 13.4. The summed E-state index contributed by atoms with van der Waals surface area (Å²) in [5.41, 5.74) is 1.00. The standard InChI is InChI=1S/C20H24N2O6/c1-5-28-17-9-7-15(13-16(17)22(24)25)20(23)21(2)11-10-14-6-8-18(26-3)19(12-14)27-4/h6-9,12-13H,5,10-11H2,1-4H3. The summed E-state index contributed by atoms with van der Waals surface area (Å²) in [6.45, 7) is 2.49. The normalized spacial score (nSPS) is 10.3. The molecule has 0 saturated heterocycles. The highest BCUT2D eigenvalue weighted by atomic mass is 16.6. The van der Waals surface area contributed by atoms with Crippen LogP contribution in [-0.2, 0) is 6.42 Å². The van der Waals surface area contributed by atoms with Crippen molar-refractivity contribution in [3.05, 3.63) is 57.6 Å².